The van der Waals surface area contributed by atoms with Crippen LogP contribution in [0.3, 0.4) is 0 Å². The first-order valence-electron chi connectivity index (χ1n) is 6.89. The van der Waals surface area contributed by atoms with Crippen molar-refractivity contribution in [3.05, 3.63) is 53.5 Å². The molecule has 0 saturated heterocycles. The lowest BCUT2D eigenvalue weighted by molar-refractivity contribution is -0.140. The van der Waals surface area contributed by atoms with Crippen LogP contribution in [0.5, 0.6) is 5.75 Å². The van der Waals surface area contributed by atoms with E-state index in [1.54, 1.807) is 18.2 Å². The van der Waals surface area contributed by atoms with Gasteiger partial charge in [-0.15, -0.1) is 0 Å². The minimum absolute atomic E-state index is 0.0370. The van der Waals surface area contributed by atoms with E-state index < -0.39 is 11.9 Å². The molecule has 2 aromatic heterocycles. The number of rotatable bonds is 3. The van der Waals surface area contributed by atoms with E-state index in [1.807, 2.05) is 6.07 Å². The molecule has 0 spiro atoms. The van der Waals surface area contributed by atoms with Gasteiger partial charge in [0, 0.05) is 18.0 Å². The number of hydrogen-bond donors (Lipinski definition) is 0. The summed E-state index contributed by atoms with van der Waals surface area (Å²) in [6, 6.07) is 8.22. The Morgan fingerprint density at radius 1 is 1.29 bits per heavy atom. The summed E-state index contributed by atoms with van der Waals surface area (Å²) in [6.07, 6.45) is -2.03. The predicted octanol–water partition coefficient (Wildman–Crippen LogP) is 3.38. The normalized spacial score (nSPS) is 11.5. The van der Waals surface area contributed by atoms with Crippen molar-refractivity contribution in [1.29, 1.82) is 5.26 Å². The van der Waals surface area contributed by atoms with Crippen LogP contribution in [-0.4, -0.2) is 21.9 Å². The summed E-state index contributed by atoms with van der Waals surface area (Å²) >= 11 is 0. The van der Waals surface area contributed by atoms with E-state index in [0.717, 1.165) is 6.20 Å². The molecule has 3 rings (SSSR count). The van der Waals surface area contributed by atoms with E-state index in [4.69, 9.17) is 10.00 Å². The van der Waals surface area contributed by atoms with Gasteiger partial charge in [0.15, 0.2) is 5.69 Å². The molecule has 0 N–H and O–H groups in total. The number of ether oxygens (including phenoxy) is 1. The second-order valence-electron chi connectivity index (χ2n) is 5.04. The predicted molar refractivity (Wildman–Crippen MR) is 79.3 cm³/mol. The molecule has 122 valence electrons. The van der Waals surface area contributed by atoms with Crippen LogP contribution in [-0.2, 0) is 12.7 Å². The van der Waals surface area contributed by atoms with Crippen LogP contribution in [0.2, 0.25) is 0 Å². The molecule has 24 heavy (non-hydrogen) atoms. The van der Waals surface area contributed by atoms with Crippen molar-refractivity contribution < 1.29 is 17.9 Å². The standard InChI is InChI=1S/C16H11F3N4O/c1-24-14-3-2-10(7-20)6-11(14)9-23-13-4-5-21-8-12(13)15(22-23)16(17,18)19/h2-6,8H,9H2,1H3. The van der Waals surface area contributed by atoms with E-state index in [9.17, 15) is 13.2 Å². The van der Waals surface area contributed by atoms with Gasteiger partial charge in [-0.2, -0.15) is 23.5 Å². The summed E-state index contributed by atoms with van der Waals surface area (Å²) < 4.78 is 45.9. The Morgan fingerprint density at radius 3 is 2.75 bits per heavy atom. The summed E-state index contributed by atoms with van der Waals surface area (Å²) in [4.78, 5) is 3.75. The number of hydrogen-bond acceptors (Lipinski definition) is 4. The van der Waals surface area contributed by atoms with Crippen LogP contribution >= 0.6 is 0 Å². The van der Waals surface area contributed by atoms with E-state index in [0.29, 0.717) is 22.4 Å². The maximum absolute atomic E-state index is 13.2. The van der Waals surface area contributed by atoms with Crippen molar-refractivity contribution in [2.75, 3.05) is 7.11 Å². The smallest absolute Gasteiger partial charge is 0.435 e. The van der Waals surface area contributed by atoms with Crippen LogP contribution in [0.4, 0.5) is 13.2 Å². The lowest BCUT2D eigenvalue weighted by Gasteiger charge is -2.10. The van der Waals surface area contributed by atoms with Crippen molar-refractivity contribution in [2.24, 2.45) is 0 Å². The maximum Gasteiger partial charge on any atom is 0.435 e. The number of pyridine rings is 1. The minimum atomic E-state index is -4.58. The SMILES string of the molecule is COc1ccc(C#N)cc1Cn1nc(C(F)(F)F)c2cnccc21. The number of nitrogens with zero attached hydrogens (tertiary/aromatic N) is 4. The van der Waals surface area contributed by atoms with Gasteiger partial charge in [-0.25, -0.2) is 0 Å². The molecule has 0 aliphatic heterocycles. The zero-order valence-electron chi connectivity index (χ0n) is 12.5. The minimum Gasteiger partial charge on any atom is -0.496 e. The Bertz CT molecular complexity index is 941. The lowest BCUT2D eigenvalue weighted by Crippen LogP contribution is -2.09. The molecule has 0 atom stereocenters. The first-order valence-corrected chi connectivity index (χ1v) is 6.89. The highest BCUT2D eigenvalue weighted by atomic mass is 19.4. The van der Waals surface area contributed by atoms with Gasteiger partial charge in [0.25, 0.3) is 0 Å². The third kappa shape index (κ3) is 2.76. The Kier molecular flexibility index (Phi) is 3.85. The van der Waals surface area contributed by atoms with Crippen LogP contribution in [0, 0.1) is 11.3 Å². The Labute approximate surface area is 134 Å². The molecular weight excluding hydrogens is 321 g/mol. The summed E-state index contributed by atoms with van der Waals surface area (Å²) in [5.74, 6) is 0.472. The quantitative estimate of drug-likeness (QED) is 0.737. The molecule has 8 heteroatoms. The molecule has 0 aliphatic carbocycles. The fourth-order valence-corrected chi connectivity index (χ4v) is 2.49. The van der Waals surface area contributed by atoms with Gasteiger partial charge in [0.2, 0.25) is 0 Å². The number of benzene rings is 1. The number of nitriles is 1. The highest BCUT2D eigenvalue weighted by molar-refractivity contribution is 5.81. The highest BCUT2D eigenvalue weighted by Gasteiger charge is 2.37. The highest BCUT2D eigenvalue weighted by Crippen LogP contribution is 2.34. The first kappa shape index (κ1) is 15.8. The molecule has 1 aromatic carbocycles. The van der Waals surface area contributed by atoms with Crippen molar-refractivity contribution in [1.82, 2.24) is 14.8 Å². The van der Waals surface area contributed by atoms with Crippen LogP contribution < -0.4 is 4.74 Å². The van der Waals surface area contributed by atoms with E-state index in [2.05, 4.69) is 10.1 Å². The summed E-state index contributed by atoms with van der Waals surface area (Å²) in [5.41, 5.74) is 0.272. The number of halogens is 3. The van der Waals surface area contributed by atoms with Gasteiger partial charge in [-0.05, 0) is 24.3 Å². The summed E-state index contributed by atoms with van der Waals surface area (Å²) in [6.45, 7) is 0.0370. The Hall–Kier alpha value is -3.08. The van der Waals surface area contributed by atoms with Gasteiger partial charge in [0.1, 0.15) is 5.75 Å². The van der Waals surface area contributed by atoms with Gasteiger partial charge in [-0.1, -0.05) is 0 Å². The Morgan fingerprint density at radius 2 is 2.08 bits per heavy atom. The average Bonchev–Trinajstić information content (AvgIpc) is 2.94. The van der Waals surface area contributed by atoms with E-state index in [1.165, 1.54) is 24.1 Å². The number of alkyl halides is 3. The third-order valence-electron chi connectivity index (χ3n) is 3.55. The van der Waals surface area contributed by atoms with Crippen molar-refractivity contribution in [3.8, 4) is 11.8 Å². The maximum atomic E-state index is 13.2. The summed E-state index contributed by atoms with van der Waals surface area (Å²) in [7, 11) is 1.46. The molecule has 0 saturated carbocycles. The molecule has 3 aromatic rings. The molecule has 0 fully saturated rings. The molecule has 5 nitrogen and oxygen atoms in total. The van der Waals surface area contributed by atoms with Crippen LogP contribution in [0.25, 0.3) is 10.9 Å². The fourth-order valence-electron chi connectivity index (χ4n) is 2.49. The van der Waals surface area contributed by atoms with Gasteiger partial charge < -0.3 is 4.74 Å². The zero-order chi connectivity index (χ0) is 17.3. The number of methoxy groups -OCH3 is 1. The van der Waals surface area contributed by atoms with Crippen molar-refractivity contribution >= 4 is 10.9 Å². The molecule has 2 heterocycles. The molecule has 0 bridgehead atoms. The number of aromatic nitrogens is 3. The largest absolute Gasteiger partial charge is 0.496 e. The molecular formula is C16H11F3N4O. The molecule has 0 radical (unpaired) electrons. The average molecular weight is 332 g/mol. The van der Waals surface area contributed by atoms with E-state index in [-0.39, 0.29) is 11.9 Å². The summed E-state index contributed by atoms with van der Waals surface area (Å²) in [5, 5.41) is 12.6. The molecule has 0 amide bonds. The number of fused-ring (bicyclic) bond motifs is 1. The van der Waals surface area contributed by atoms with Crippen molar-refractivity contribution in [2.45, 2.75) is 12.7 Å². The van der Waals surface area contributed by atoms with Gasteiger partial charge in [-0.3, -0.25) is 9.67 Å². The monoisotopic (exact) mass is 332 g/mol. The Balaban J connectivity index is 2.14. The zero-order valence-corrected chi connectivity index (χ0v) is 12.5. The lowest BCUT2D eigenvalue weighted by atomic mass is 10.1. The topological polar surface area (TPSA) is 63.7 Å². The molecule has 0 unspecified atom stereocenters. The van der Waals surface area contributed by atoms with Gasteiger partial charge in [0.05, 0.1) is 36.2 Å². The van der Waals surface area contributed by atoms with E-state index >= 15 is 0 Å². The fraction of sp³-hybridized carbons (Fsp3) is 0.188. The second kappa shape index (κ2) is 5.85. The van der Waals surface area contributed by atoms with Gasteiger partial charge >= 0.3 is 6.18 Å². The molecule has 0 aliphatic rings. The van der Waals surface area contributed by atoms with Crippen LogP contribution in [0.1, 0.15) is 16.8 Å². The third-order valence-corrected chi connectivity index (χ3v) is 3.55. The van der Waals surface area contributed by atoms with Crippen molar-refractivity contribution in [3.63, 3.8) is 0 Å². The first-order chi connectivity index (χ1) is 11.4. The second-order valence-corrected chi connectivity index (χ2v) is 5.04. The van der Waals surface area contributed by atoms with Crippen LogP contribution in [0.15, 0.2) is 36.7 Å².